The van der Waals surface area contributed by atoms with Crippen LogP contribution in [0.25, 0.3) is 0 Å². The van der Waals surface area contributed by atoms with Crippen molar-refractivity contribution in [1.29, 1.82) is 0 Å². The quantitative estimate of drug-likeness (QED) is 0.766. The number of primary amides is 1. The van der Waals surface area contributed by atoms with Crippen LogP contribution in [-0.2, 0) is 4.79 Å². The Morgan fingerprint density at radius 2 is 2.06 bits per heavy atom. The monoisotopic (exact) mass is 241 g/mol. The van der Waals surface area contributed by atoms with Crippen LogP contribution in [0.3, 0.4) is 0 Å². The normalized spacial score (nSPS) is 31.5. The van der Waals surface area contributed by atoms with Crippen molar-refractivity contribution in [2.45, 2.75) is 46.2 Å². The topological polar surface area (TPSA) is 58.4 Å². The van der Waals surface area contributed by atoms with Gasteiger partial charge in [0, 0.05) is 25.2 Å². The molecular weight excluding hydrogens is 214 g/mol. The summed E-state index contributed by atoms with van der Waals surface area (Å²) in [6.07, 6.45) is 1.13. The van der Waals surface area contributed by atoms with Crippen LogP contribution >= 0.6 is 0 Å². The number of piperidine rings is 1. The second-order valence-corrected chi connectivity index (χ2v) is 6.24. The molecule has 1 heterocycles. The molecule has 0 aliphatic carbocycles. The second kappa shape index (κ2) is 5.36. The average molecular weight is 241 g/mol. The Hall–Kier alpha value is -0.610. The van der Waals surface area contributed by atoms with Gasteiger partial charge in [0.25, 0.3) is 0 Å². The first-order chi connectivity index (χ1) is 7.74. The number of carbonyl (C=O) groups excluding carboxylic acids is 1. The molecule has 1 rings (SSSR count). The average Bonchev–Trinajstić information content (AvgIpc) is 2.21. The van der Waals surface area contributed by atoms with E-state index in [0.717, 1.165) is 13.0 Å². The fraction of sp³-hybridized carbons (Fsp3) is 0.923. The van der Waals surface area contributed by atoms with Crippen LogP contribution in [-0.4, -0.2) is 43.0 Å². The van der Waals surface area contributed by atoms with Crippen molar-refractivity contribution in [1.82, 2.24) is 10.2 Å². The summed E-state index contributed by atoms with van der Waals surface area (Å²) in [6.45, 7) is 10.1. The molecule has 4 heteroatoms. The minimum Gasteiger partial charge on any atom is -0.369 e. The summed E-state index contributed by atoms with van der Waals surface area (Å²) in [5, 5.41) is 3.52. The van der Waals surface area contributed by atoms with E-state index in [1.54, 1.807) is 0 Å². The minimum atomic E-state index is -0.466. The van der Waals surface area contributed by atoms with Crippen LogP contribution in [0, 0.1) is 11.3 Å². The van der Waals surface area contributed by atoms with Gasteiger partial charge in [0.05, 0.1) is 5.41 Å². The maximum Gasteiger partial charge on any atom is 0.224 e. The van der Waals surface area contributed by atoms with Gasteiger partial charge in [0.15, 0.2) is 0 Å². The van der Waals surface area contributed by atoms with Gasteiger partial charge in [-0.25, -0.2) is 0 Å². The molecule has 1 amide bonds. The first-order valence-corrected chi connectivity index (χ1v) is 6.47. The fourth-order valence-electron chi connectivity index (χ4n) is 2.30. The molecule has 1 aliphatic rings. The third kappa shape index (κ3) is 3.68. The molecule has 3 N–H and O–H groups in total. The molecule has 1 fully saturated rings. The smallest absolute Gasteiger partial charge is 0.224 e. The summed E-state index contributed by atoms with van der Waals surface area (Å²) in [5.41, 5.74) is 4.92. The number of nitrogens with two attached hydrogens (primary N) is 1. The molecule has 3 atom stereocenters. The lowest BCUT2D eigenvalue weighted by molar-refractivity contribution is -0.125. The van der Waals surface area contributed by atoms with Crippen molar-refractivity contribution in [3.63, 3.8) is 0 Å². The minimum absolute atomic E-state index is 0.237. The van der Waals surface area contributed by atoms with Crippen molar-refractivity contribution in [2.24, 2.45) is 17.1 Å². The first-order valence-electron chi connectivity index (χ1n) is 6.47. The molecule has 1 aliphatic heterocycles. The standard InChI is InChI=1S/C13H27N3O/c1-9-7-16(5)10(2)6-11(9)15-8-13(3,4)12(14)17/h9-11,15H,6-8H2,1-5H3,(H2,14,17). The van der Waals surface area contributed by atoms with E-state index in [1.165, 1.54) is 0 Å². The molecule has 1 saturated heterocycles. The maximum absolute atomic E-state index is 11.3. The number of nitrogens with zero attached hydrogens (tertiary/aromatic N) is 1. The van der Waals surface area contributed by atoms with Gasteiger partial charge < -0.3 is 16.0 Å². The van der Waals surface area contributed by atoms with Gasteiger partial charge in [-0.3, -0.25) is 4.79 Å². The summed E-state index contributed by atoms with van der Waals surface area (Å²) >= 11 is 0. The van der Waals surface area contributed by atoms with E-state index in [1.807, 2.05) is 13.8 Å². The van der Waals surface area contributed by atoms with Crippen molar-refractivity contribution in [3.05, 3.63) is 0 Å². The van der Waals surface area contributed by atoms with Crippen molar-refractivity contribution >= 4 is 5.91 Å². The summed E-state index contributed by atoms with van der Waals surface area (Å²) in [5.74, 6) is 0.374. The van der Waals surface area contributed by atoms with Gasteiger partial charge in [-0.15, -0.1) is 0 Å². The van der Waals surface area contributed by atoms with Crippen molar-refractivity contribution < 1.29 is 4.79 Å². The number of carbonyl (C=O) groups is 1. The van der Waals surface area contributed by atoms with Crippen LogP contribution in [0.4, 0.5) is 0 Å². The summed E-state index contributed by atoms with van der Waals surface area (Å²) < 4.78 is 0. The molecular formula is C13H27N3O. The number of hydrogen-bond donors (Lipinski definition) is 2. The SMILES string of the molecule is CC1CN(C)C(C)CC1NCC(C)(C)C(N)=O. The number of amides is 1. The highest BCUT2D eigenvalue weighted by atomic mass is 16.1. The summed E-state index contributed by atoms with van der Waals surface area (Å²) in [4.78, 5) is 13.7. The van der Waals surface area contributed by atoms with E-state index in [9.17, 15) is 4.79 Å². The zero-order chi connectivity index (χ0) is 13.2. The zero-order valence-electron chi connectivity index (χ0n) is 11.8. The Kier molecular flexibility index (Phi) is 4.55. The van der Waals surface area contributed by atoms with Gasteiger partial charge in [0.2, 0.25) is 5.91 Å². The molecule has 0 aromatic rings. The van der Waals surface area contributed by atoms with Crippen LogP contribution in [0.2, 0.25) is 0 Å². The van der Waals surface area contributed by atoms with Gasteiger partial charge in [-0.1, -0.05) is 6.92 Å². The number of nitrogens with one attached hydrogen (secondary N) is 1. The maximum atomic E-state index is 11.3. The van der Waals surface area contributed by atoms with E-state index >= 15 is 0 Å². The first kappa shape index (κ1) is 14.5. The molecule has 0 spiro atoms. The molecule has 100 valence electrons. The lowest BCUT2D eigenvalue weighted by atomic mass is 9.87. The Morgan fingerprint density at radius 3 is 2.59 bits per heavy atom. The van der Waals surface area contributed by atoms with E-state index in [0.29, 0.717) is 24.5 Å². The van der Waals surface area contributed by atoms with Crippen LogP contribution < -0.4 is 11.1 Å². The fourth-order valence-corrected chi connectivity index (χ4v) is 2.30. The largest absolute Gasteiger partial charge is 0.369 e. The third-order valence-electron chi connectivity index (χ3n) is 4.08. The zero-order valence-corrected chi connectivity index (χ0v) is 11.8. The van der Waals surface area contributed by atoms with Gasteiger partial charge >= 0.3 is 0 Å². The lowest BCUT2D eigenvalue weighted by Crippen LogP contribution is -2.53. The molecule has 3 unspecified atom stereocenters. The molecule has 17 heavy (non-hydrogen) atoms. The molecule has 0 radical (unpaired) electrons. The van der Waals surface area contributed by atoms with Gasteiger partial charge in [-0.05, 0) is 40.2 Å². The molecule has 0 aromatic carbocycles. The lowest BCUT2D eigenvalue weighted by Gasteiger charge is -2.41. The van der Waals surface area contributed by atoms with Crippen molar-refractivity contribution in [2.75, 3.05) is 20.1 Å². The Labute approximate surface area is 105 Å². The van der Waals surface area contributed by atoms with E-state index < -0.39 is 5.41 Å². The van der Waals surface area contributed by atoms with Gasteiger partial charge in [0.1, 0.15) is 0 Å². The highest BCUT2D eigenvalue weighted by Gasteiger charge is 2.31. The van der Waals surface area contributed by atoms with Crippen molar-refractivity contribution in [3.8, 4) is 0 Å². The van der Waals surface area contributed by atoms with Crippen LogP contribution in [0.1, 0.15) is 34.1 Å². The van der Waals surface area contributed by atoms with Crippen LogP contribution in [0.15, 0.2) is 0 Å². The highest BCUT2D eigenvalue weighted by molar-refractivity contribution is 5.80. The van der Waals surface area contributed by atoms with E-state index in [2.05, 4.69) is 31.1 Å². The summed E-state index contributed by atoms with van der Waals surface area (Å²) in [6, 6.07) is 1.08. The molecule has 4 nitrogen and oxygen atoms in total. The van der Waals surface area contributed by atoms with Crippen LogP contribution in [0.5, 0.6) is 0 Å². The molecule has 0 aromatic heterocycles. The van der Waals surface area contributed by atoms with Gasteiger partial charge in [-0.2, -0.15) is 0 Å². The van der Waals surface area contributed by atoms with E-state index in [-0.39, 0.29) is 5.91 Å². The molecule has 0 bridgehead atoms. The Bertz CT molecular complexity index is 278. The second-order valence-electron chi connectivity index (χ2n) is 6.24. The van der Waals surface area contributed by atoms with E-state index in [4.69, 9.17) is 5.73 Å². The predicted octanol–water partition coefficient (Wildman–Crippen LogP) is 0.816. The number of hydrogen-bond acceptors (Lipinski definition) is 3. The number of likely N-dealkylation sites (tertiary alicyclic amines) is 1. The number of rotatable bonds is 4. The highest BCUT2D eigenvalue weighted by Crippen LogP contribution is 2.22. The third-order valence-corrected chi connectivity index (χ3v) is 4.08. The molecule has 0 saturated carbocycles. The predicted molar refractivity (Wildman–Crippen MR) is 70.6 cm³/mol. The Morgan fingerprint density at radius 1 is 1.47 bits per heavy atom. The summed E-state index contributed by atoms with van der Waals surface area (Å²) in [7, 11) is 2.17. The Balaban J connectivity index is 2.49.